The van der Waals surface area contributed by atoms with E-state index in [0.717, 1.165) is 11.3 Å². The number of aliphatic hydroxyl groups excluding tert-OH is 1. The summed E-state index contributed by atoms with van der Waals surface area (Å²) in [5.74, 6) is 0.579. The Hall–Kier alpha value is -2.04. The summed E-state index contributed by atoms with van der Waals surface area (Å²) in [5.41, 5.74) is 1.45. The largest absolute Gasteiger partial charge is 0.489 e. The first kappa shape index (κ1) is 17.0. The smallest absolute Gasteiger partial charge is 0.214 e. The van der Waals surface area contributed by atoms with Crippen LogP contribution < -0.4 is 4.74 Å². The average molecular weight is 308 g/mol. The van der Waals surface area contributed by atoms with Crippen molar-refractivity contribution in [3.8, 4) is 5.75 Å². The number of nitrogens with one attached hydrogen (secondary N) is 1. The molecule has 5 heteroatoms. The summed E-state index contributed by atoms with van der Waals surface area (Å²) in [6.45, 7) is 0.328. The van der Waals surface area contributed by atoms with E-state index in [1.807, 2.05) is 48.5 Å². The van der Waals surface area contributed by atoms with Crippen LogP contribution in [0.3, 0.4) is 0 Å². The highest BCUT2D eigenvalue weighted by Crippen LogP contribution is 2.21. The van der Waals surface area contributed by atoms with Crippen LogP contribution in [-0.4, -0.2) is 18.1 Å². The lowest BCUT2D eigenvalue weighted by molar-refractivity contribution is 0.201. The molecule has 0 bridgehead atoms. The molecule has 0 amide bonds. The Balaban J connectivity index is 0.00000220. The summed E-state index contributed by atoms with van der Waals surface area (Å²) < 4.78 is 10.5. The van der Waals surface area contributed by atoms with E-state index in [1.165, 1.54) is 7.11 Å². The fourth-order valence-corrected chi connectivity index (χ4v) is 1.86. The van der Waals surface area contributed by atoms with Crippen molar-refractivity contribution < 1.29 is 14.6 Å². The van der Waals surface area contributed by atoms with Gasteiger partial charge in [0, 0.05) is 0 Å². The minimum atomic E-state index is -1.07. The molecule has 0 aliphatic carbocycles. The van der Waals surface area contributed by atoms with E-state index in [1.54, 1.807) is 6.07 Å². The van der Waals surface area contributed by atoms with Gasteiger partial charge in [-0.05, 0) is 23.3 Å². The third-order valence-electron chi connectivity index (χ3n) is 2.96. The van der Waals surface area contributed by atoms with Crippen molar-refractivity contribution >= 4 is 18.3 Å². The van der Waals surface area contributed by atoms with Crippen LogP contribution in [0.1, 0.15) is 17.2 Å². The lowest BCUT2D eigenvalue weighted by Gasteiger charge is -2.16. The van der Waals surface area contributed by atoms with Crippen LogP contribution in [0.15, 0.2) is 54.6 Å². The van der Waals surface area contributed by atoms with E-state index in [4.69, 9.17) is 14.9 Å². The van der Waals surface area contributed by atoms with Gasteiger partial charge in [0.05, 0.1) is 7.11 Å². The quantitative estimate of drug-likeness (QED) is 0.658. The molecule has 2 aromatic carbocycles. The van der Waals surface area contributed by atoms with Gasteiger partial charge in [-0.1, -0.05) is 42.5 Å². The second kappa shape index (κ2) is 8.29. The summed E-state index contributed by atoms with van der Waals surface area (Å²) in [6.07, 6.45) is -1.07. The van der Waals surface area contributed by atoms with E-state index in [2.05, 4.69) is 0 Å². The molecule has 0 radical (unpaired) electrons. The van der Waals surface area contributed by atoms with Crippen molar-refractivity contribution in [2.24, 2.45) is 0 Å². The Morgan fingerprint density at radius 2 is 1.71 bits per heavy atom. The molecule has 0 saturated carbocycles. The molecule has 0 fully saturated rings. The molecule has 0 heterocycles. The lowest BCUT2D eigenvalue weighted by Crippen LogP contribution is -2.15. The van der Waals surface area contributed by atoms with Gasteiger partial charge in [-0.25, -0.2) is 0 Å². The second-order valence-electron chi connectivity index (χ2n) is 4.27. The maximum absolute atomic E-state index is 10.1. The van der Waals surface area contributed by atoms with Crippen molar-refractivity contribution in [1.29, 1.82) is 5.41 Å². The Kier molecular flexibility index (Phi) is 6.72. The molecule has 4 nitrogen and oxygen atoms in total. The molecule has 0 saturated heterocycles. The number of ether oxygens (including phenoxy) is 2. The van der Waals surface area contributed by atoms with Crippen LogP contribution in [0.2, 0.25) is 0 Å². The van der Waals surface area contributed by atoms with E-state index in [-0.39, 0.29) is 18.3 Å². The van der Waals surface area contributed by atoms with Gasteiger partial charge in [0.15, 0.2) is 6.10 Å². The molecule has 1 atom stereocenters. The summed E-state index contributed by atoms with van der Waals surface area (Å²) >= 11 is 0. The zero-order valence-electron chi connectivity index (χ0n) is 11.7. The third kappa shape index (κ3) is 4.48. The molecule has 2 N–H and O–H groups in total. The zero-order valence-corrected chi connectivity index (χ0v) is 12.5. The van der Waals surface area contributed by atoms with E-state index in [0.29, 0.717) is 12.2 Å². The first-order valence-electron chi connectivity index (χ1n) is 6.28. The number of halogens is 1. The Bertz CT molecular complexity index is 575. The molecule has 0 aromatic heterocycles. The topological polar surface area (TPSA) is 62.5 Å². The van der Waals surface area contributed by atoms with Crippen LogP contribution in [0.5, 0.6) is 5.75 Å². The number of hydrogen-bond acceptors (Lipinski definition) is 4. The summed E-state index contributed by atoms with van der Waals surface area (Å²) in [4.78, 5) is 0. The first-order valence-corrected chi connectivity index (χ1v) is 6.28. The fourth-order valence-electron chi connectivity index (χ4n) is 1.86. The Morgan fingerprint density at radius 1 is 1.10 bits per heavy atom. The normalized spacial score (nSPS) is 11.1. The highest BCUT2D eigenvalue weighted by Gasteiger charge is 2.17. The molecule has 0 spiro atoms. The van der Waals surface area contributed by atoms with Gasteiger partial charge in [-0.3, -0.25) is 5.41 Å². The highest BCUT2D eigenvalue weighted by atomic mass is 35.5. The summed E-state index contributed by atoms with van der Waals surface area (Å²) in [7, 11) is 1.37. The van der Waals surface area contributed by atoms with Crippen LogP contribution in [0.25, 0.3) is 0 Å². The van der Waals surface area contributed by atoms with Crippen LogP contribution >= 0.6 is 12.4 Å². The van der Waals surface area contributed by atoms with E-state index < -0.39 is 6.10 Å². The average Bonchev–Trinajstić information content (AvgIpc) is 2.52. The first-order chi connectivity index (χ1) is 9.72. The molecule has 21 heavy (non-hydrogen) atoms. The molecule has 0 aliphatic rings. The maximum atomic E-state index is 10.1. The highest BCUT2D eigenvalue weighted by molar-refractivity contribution is 5.85. The van der Waals surface area contributed by atoms with Crippen molar-refractivity contribution in [2.45, 2.75) is 12.7 Å². The second-order valence-corrected chi connectivity index (χ2v) is 4.27. The summed E-state index contributed by atoms with van der Waals surface area (Å²) in [6, 6.07) is 16.8. The SMILES string of the molecule is COC(=N)C(O)c1ccccc1COc1ccccc1.Cl. The monoisotopic (exact) mass is 307 g/mol. The van der Waals surface area contributed by atoms with Crippen molar-refractivity contribution in [1.82, 2.24) is 0 Å². The minimum Gasteiger partial charge on any atom is -0.489 e. The van der Waals surface area contributed by atoms with Gasteiger partial charge in [0.1, 0.15) is 12.4 Å². The molecular formula is C16H18ClNO3. The third-order valence-corrected chi connectivity index (χ3v) is 2.96. The van der Waals surface area contributed by atoms with Crippen molar-refractivity contribution in [3.05, 3.63) is 65.7 Å². The summed E-state index contributed by atoms with van der Waals surface area (Å²) in [5, 5.41) is 17.6. The van der Waals surface area contributed by atoms with Gasteiger partial charge >= 0.3 is 0 Å². The van der Waals surface area contributed by atoms with E-state index in [9.17, 15) is 5.11 Å². The zero-order chi connectivity index (χ0) is 14.4. The van der Waals surface area contributed by atoms with Gasteiger partial charge in [0.25, 0.3) is 0 Å². The number of benzene rings is 2. The number of methoxy groups -OCH3 is 1. The van der Waals surface area contributed by atoms with Crippen molar-refractivity contribution in [2.75, 3.05) is 7.11 Å². The number of hydrogen-bond donors (Lipinski definition) is 2. The Labute approximate surface area is 130 Å². The fraction of sp³-hybridized carbons (Fsp3) is 0.188. The molecule has 0 aliphatic heterocycles. The predicted octanol–water partition coefficient (Wildman–Crippen LogP) is 3.34. The number of aliphatic hydroxyl groups is 1. The molecule has 112 valence electrons. The molecular weight excluding hydrogens is 290 g/mol. The van der Waals surface area contributed by atoms with Crippen molar-refractivity contribution in [3.63, 3.8) is 0 Å². The number of para-hydroxylation sites is 1. The van der Waals surface area contributed by atoms with Crippen LogP contribution in [0.4, 0.5) is 0 Å². The maximum Gasteiger partial charge on any atom is 0.214 e. The van der Waals surface area contributed by atoms with Gasteiger partial charge in [-0.15, -0.1) is 12.4 Å². The van der Waals surface area contributed by atoms with E-state index >= 15 is 0 Å². The van der Waals surface area contributed by atoms with Gasteiger partial charge in [-0.2, -0.15) is 0 Å². The van der Waals surface area contributed by atoms with Gasteiger partial charge in [0.2, 0.25) is 5.90 Å². The van der Waals surface area contributed by atoms with Gasteiger partial charge < -0.3 is 14.6 Å². The Morgan fingerprint density at radius 3 is 2.38 bits per heavy atom. The lowest BCUT2D eigenvalue weighted by atomic mass is 10.0. The number of rotatable bonds is 5. The molecule has 2 rings (SSSR count). The molecule has 1 unspecified atom stereocenters. The predicted molar refractivity (Wildman–Crippen MR) is 84.2 cm³/mol. The molecule has 2 aromatic rings. The standard InChI is InChI=1S/C16H17NO3.ClH/c1-19-16(17)15(18)14-10-6-5-7-12(14)11-20-13-8-3-2-4-9-13;/h2-10,15,17-18H,11H2,1H3;1H. The van der Waals surface area contributed by atoms with Crippen LogP contribution in [0, 0.1) is 5.41 Å². The van der Waals surface area contributed by atoms with Crippen LogP contribution in [-0.2, 0) is 11.3 Å². The minimum absolute atomic E-state index is 0.